The summed E-state index contributed by atoms with van der Waals surface area (Å²) in [7, 11) is 1.65. The number of ether oxygens (including phenoxy) is 1. The number of methoxy groups -OCH3 is 1. The monoisotopic (exact) mass is 310 g/mol. The number of rotatable bonds is 7. The Kier molecular flexibility index (Phi) is 6.09. The highest BCUT2D eigenvalue weighted by molar-refractivity contribution is 5.92. The largest absolute Gasteiger partial charge is 0.383 e. The molecule has 0 bridgehead atoms. The lowest BCUT2D eigenvalue weighted by molar-refractivity contribution is 0.0946. The summed E-state index contributed by atoms with van der Waals surface area (Å²) in [5.74, 6) is -0.277. The summed E-state index contributed by atoms with van der Waals surface area (Å²) in [5.41, 5.74) is 2.64. The number of nitriles is 1. The van der Waals surface area contributed by atoms with Gasteiger partial charge < -0.3 is 15.4 Å². The fraction of sp³-hybridized carbons (Fsp3) is 0.235. The molecule has 1 aromatic carbocycles. The molecule has 0 aliphatic heterocycles. The summed E-state index contributed by atoms with van der Waals surface area (Å²) in [5, 5.41) is 14.8. The van der Waals surface area contributed by atoms with Gasteiger partial charge in [-0.3, -0.25) is 4.79 Å². The first-order valence-electron chi connectivity index (χ1n) is 7.19. The molecule has 23 heavy (non-hydrogen) atoms. The molecule has 0 saturated heterocycles. The fourth-order valence-corrected chi connectivity index (χ4v) is 2.00. The molecular formula is C17H18N4O2. The van der Waals surface area contributed by atoms with E-state index in [0.717, 1.165) is 11.3 Å². The van der Waals surface area contributed by atoms with E-state index in [-0.39, 0.29) is 11.6 Å². The molecule has 0 unspecified atom stereocenters. The van der Waals surface area contributed by atoms with Crippen LogP contribution in [0.25, 0.3) is 0 Å². The topological polar surface area (TPSA) is 87.0 Å². The number of hydrogen-bond donors (Lipinski definition) is 2. The number of carbonyl (C=O) groups is 1. The molecule has 0 saturated carbocycles. The van der Waals surface area contributed by atoms with Crippen LogP contribution < -0.4 is 10.6 Å². The Morgan fingerprint density at radius 3 is 2.83 bits per heavy atom. The molecule has 0 aliphatic carbocycles. The van der Waals surface area contributed by atoms with Gasteiger partial charge in [-0.15, -0.1) is 0 Å². The third-order valence-corrected chi connectivity index (χ3v) is 3.20. The Balaban J connectivity index is 1.97. The summed E-state index contributed by atoms with van der Waals surface area (Å²) in [6.07, 6.45) is 1.38. The molecule has 6 nitrogen and oxygen atoms in total. The third kappa shape index (κ3) is 4.80. The predicted octanol–water partition coefficient (Wildman–Crippen LogP) is 1.94. The quantitative estimate of drug-likeness (QED) is 0.763. The van der Waals surface area contributed by atoms with Crippen LogP contribution in [0.4, 0.5) is 5.69 Å². The number of pyridine rings is 1. The average Bonchev–Trinajstić information content (AvgIpc) is 2.61. The Labute approximate surface area is 135 Å². The maximum atomic E-state index is 12.1. The number of hydrogen-bond acceptors (Lipinski definition) is 5. The van der Waals surface area contributed by atoms with E-state index in [2.05, 4.69) is 15.6 Å². The van der Waals surface area contributed by atoms with Gasteiger partial charge in [0.2, 0.25) is 0 Å². The minimum Gasteiger partial charge on any atom is -0.383 e. The highest BCUT2D eigenvalue weighted by Crippen LogP contribution is 2.14. The zero-order valence-corrected chi connectivity index (χ0v) is 12.9. The highest BCUT2D eigenvalue weighted by atomic mass is 16.5. The van der Waals surface area contributed by atoms with Crippen LogP contribution in [0.15, 0.2) is 42.6 Å². The van der Waals surface area contributed by atoms with Gasteiger partial charge in [-0.1, -0.05) is 18.2 Å². The Hall–Kier alpha value is -2.91. The van der Waals surface area contributed by atoms with Crippen molar-refractivity contribution in [3.05, 3.63) is 59.4 Å². The van der Waals surface area contributed by atoms with Crippen molar-refractivity contribution < 1.29 is 9.53 Å². The molecular weight excluding hydrogens is 292 g/mol. The molecule has 0 fully saturated rings. The lowest BCUT2D eigenvalue weighted by Crippen LogP contribution is -2.24. The molecule has 118 valence electrons. The average molecular weight is 310 g/mol. The van der Waals surface area contributed by atoms with E-state index in [1.807, 2.05) is 30.3 Å². The Morgan fingerprint density at radius 2 is 2.13 bits per heavy atom. The van der Waals surface area contributed by atoms with Crippen molar-refractivity contribution in [3.8, 4) is 6.07 Å². The zero-order valence-electron chi connectivity index (χ0n) is 12.9. The Bertz CT molecular complexity index is 692. The number of amides is 1. The maximum absolute atomic E-state index is 12.1. The molecule has 1 amide bonds. The number of anilines is 1. The van der Waals surface area contributed by atoms with E-state index >= 15 is 0 Å². The van der Waals surface area contributed by atoms with Crippen molar-refractivity contribution in [1.29, 1.82) is 5.26 Å². The van der Waals surface area contributed by atoms with E-state index in [1.54, 1.807) is 13.2 Å². The number of para-hydroxylation sites is 1. The summed E-state index contributed by atoms with van der Waals surface area (Å²) < 4.78 is 5.01. The van der Waals surface area contributed by atoms with Gasteiger partial charge in [0, 0.05) is 32.1 Å². The van der Waals surface area contributed by atoms with Crippen LogP contribution in [0.5, 0.6) is 0 Å². The van der Waals surface area contributed by atoms with Crippen molar-refractivity contribution in [3.63, 3.8) is 0 Å². The van der Waals surface area contributed by atoms with Crippen molar-refractivity contribution in [2.45, 2.75) is 6.54 Å². The second-order valence-corrected chi connectivity index (χ2v) is 4.80. The van der Waals surface area contributed by atoms with Crippen LogP contribution in [0.2, 0.25) is 0 Å². The molecule has 2 rings (SSSR count). The van der Waals surface area contributed by atoms with Crippen LogP contribution in [0.1, 0.15) is 21.6 Å². The molecule has 0 atom stereocenters. The summed E-state index contributed by atoms with van der Waals surface area (Å²) in [4.78, 5) is 16.1. The predicted molar refractivity (Wildman–Crippen MR) is 86.9 cm³/mol. The van der Waals surface area contributed by atoms with Gasteiger partial charge in [-0.2, -0.15) is 5.26 Å². The van der Waals surface area contributed by atoms with Gasteiger partial charge in [-0.25, -0.2) is 4.98 Å². The van der Waals surface area contributed by atoms with E-state index in [1.165, 1.54) is 12.3 Å². The molecule has 1 heterocycles. The van der Waals surface area contributed by atoms with Crippen LogP contribution >= 0.6 is 0 Å². The zero-order chi connectivity index (χ0) is 16.5. The first kappa shape index (κ1) is 16.5. The molecule has 0 spiro atoms. The van der Waals surface area contributed by atoms with Gasteiger partial charge >= 0.3 is 0 Å². The summed E-state index contributed by atoms with van der Waals surface area (Å²) >= 11 is 0. The SMILES string of the molecule is COCCNc1ccccc1CNC(=O)c1ccc(C#N)cn1. The second kappa shape index (κ2) is 8.51. The van der Waals surface area contributed by atoms with Crippen LogP contribution in [-0.2, 0) is 11.3 Å². The van der Waals surface area contributed by atoms with Gasteiger partial charge in [0.15, 0.2) is 0 Å². The number of nitrogens with zero attached hydrogens (tertiary/aromatic N) is 2. The van der Waals surface area contributed by atoms with Crippen LogP contribution in [0, 0.1) is 11.3 Å². The van der Waals surface area contributed by atoms with Crippen molar-refractivity contribution in [1.82, 2.24) is 10.3 Å². The highest BCUT2D eigenvalue weighted by Gasteiger charge is 2.08. The normalized spacial score (nSPS) is 9.91. The second-order valence-electron chi connectivity index (χ2n) is 4.80. The van der Waals surface area contributed by atoms with Gasteiger partial charge in [0.25, 0.3) is 5.91 Å². The summed E-state index contributed by atoms with van der Waals surface area (Å²) in [6, 6.07) is 12.8. The van der Waals surface area contributed by atoms with Gasteiger partial charge in [0.05, 0.1) is 12.2 Å². The van der Waals surface area contributed by atoms with E-state index in [4.69, 9.17) is 10.00 Å². The number of aromatic nitrogens is 1. The minimum absolute atomic E-state index is 0.277. The molecule has 2 N–H and O–H groups in total. The lowest BCUT2D eigenvalue weighted by Gasteiger charge is -2.12. The third-order valence-electron chi connectivity index (χ3n) is 3.20. The van der Waals surface area contributed by atoms with Crippen LogP contribution in [0.3, 0.4) is 0 Å². The number of benzene rings is 1. The van der Waals surface area contributed by atoms with Crippen molar-refractivity contribution >= 4 is 11.6 Å². The lowest BCUT2D eigenvalue weighted by atomic mass is 10.1. The standard InChI is InChI=1S/C17H18N4O2/c1-23-9-8-19-15-5-3-2-4-14(15)12-21-17(22)16-7-6-13(10-18)11-20-16/h2-7,11,19H,8-9,12H2,1H3,(H,21,22). The Morgan fingerprint density at radius 1 is 1.30 bits per heavy atom. The van der Waals surface area contributed by atoms with Crippen molar-refractivity contribution in [2.75, 3.05) is 25.6 Å². The van der Waals surface area contributed by atoms with Gasteiger partial charge in [-0.05, 0) is 23.8 Å². The number of nitrogens with one attached hydrogen (secondary N) is 2. The maximum Gasteiger partial charge on any atom is 0.270 e. The van der Waals surface area contributed by atoms with Gasteiger partial charge in [0.1, 0.15) is 11.8 Å². The fourth-order valence-electron chi connectivity index (χ4n) is 2.00. The van der Waals surface area contributed by atoms with E-state index in [0.29, 0.717) is 25.3 Å². The molecule has 1 aromatic heterocycles. The van der Waals surface area contributed by atoms with E-state index < -0.39 is 0 Å². The molecule has 2 aromatic rings. The van der Waals surface area contributed by atoms with Crippen molar-refractivity contribution in [2.24, 2.45) is 0 Å². The molecule has 0 radical (unpaired) electrons. The molecule has 6 heteroatoms. The van der Waals surface area contributed by atoms with Crippen LogP contribution in [-0.4, -0.2) is 31.2 Å². The summed E-state index contributed by atoms with van der Waals surface area (Å²) in [6.45, 7) is 1.69. The first-order chi connectivity index (χ1) is 11.2. The first-order valence-corrected chi connectivity index (χ1v) is 7.19. The van der Waals surface area contributed by atoms with E-state index in [9.17, 15) is 4.79 Å². The smallest absolute Gasteiger partial charge is 0.270 e. The molecule has 0 aliphatic rings. The minimum atomic E-state index is -0.277. The number of carbonyl (C=O) groups excluding carboxylic acids is 1.